The standard InChI is InChI=1S/C23H25N3O3S/c1-15-6-5-7-16(2)22(15)25-21(27)12-26(4)23(28)18-8-10-20(11-9-18)29-13-19-14-30-17(3)24-19/h5-11,14H,12-13H2,1-4H3,(H,25,27). The number of aromatic nitrogens is 1. The van der Waals surface area contributed by atoms with E-state index in [0.29, 0.717) is 17.9 Å². The molecule has 0 unspecified atom stereocenters. The summed E-state index contributed by atoms with van der Waals surface area (Å²) in [4.78, 5) is 30.8. The summed E-state index contributed by atoms with van der Waals surface area (Å²) in [5, 5.41) is 5.86. The molecule has 0 fully saturated rings. The maximum atomic E-state index is 12.7. The van der Waals surface area contributed by atoms with Crippen molar-refractivity contribution in [1.82, 2.24) is 9.88 Å². The summed E-state index contributed by atoms with van der Waals surface area (Å²) in [6, 6.07) is 12.7. The van der Waals surface area contributed by atoms with E-state index in [4.69, 9.17) is 4.74 Å². The Kier molecular flexibility index (Phi) is 6.84. The van der Waals surface area contributed by atoms with Gasteiger partial charge in [0.1, 0.15) is 12.4 Å². The van der Waals surface area contributed by atoms with Crippen molar-refractivity contribution in [2.24, 2.45) is 0 Å². The van der Waals surface area contributed by atoms with E-state index in [1.54, 1.807) is 42.6 Å². The summed E-state index contributed by atoms with van der Waals surface area (Å²) in [5.41, 5.74) is 4.14. The van der Waals surface area contributed by atoms with Gasteiger partial charge in [-0.25, -0.2) is 4.98 Å². The van der Waals surface area contributed by atoms with Crippen molar-refractivity contribution in [1.29, 1.82) is 0 Å². The van der Waals surface area contributed by atoms with Crippen LogP contribution in [0.5, 0.6) is 5.75 Å². The number of amides is 2. The highest BCUT2D eigenvalue weighted by Gasteiger charge is 2.16. The zero-order valence-electron chi connectivity index (χ0n) is 17.6. The van der Waals surface area contributed by atoms with Gasteiger partial charge in [-0.15, -0.1) is 11.3 Å². The molecule has 2 aromatic carbocycles. The number of carbonyl (C=O) groups excluding carboxylic acids is 2. The number of benzene rings is 2. The van der Waals surface area contributed by atoms with Crippen LogP contribution in [-0.2, 0) is 11.4 Å². The lowest BCUT2D eigenvalue weighted by Gasteiger charge is -2.18. The second-order valence-corrected chi connectivity index (χ2v) is 8.21. The van der Waals surface area contributed by atoms with Crippen LogP contribution < -0.4 is 10.1 Å². The number of ether oxygens (including phenoxy) is 1. The Morgan fingerprint density at radius 3 is 2.33 bits per heavy atom. The summed E-state index contributed by atoms with van der Waals surface area (Å²) < 4.78 is 5.71. The second kappa shape index (κ2) is 9.54. The number of nitrogens with zero attached hydrogens (tertiary/aromatic N) is 2. The van der Waals surface area contributed by atoms with E-state index in [-0.39, 0.29) is 18.4 Å². The van der Waals surface area contributed by atoms with Gasteiger partial charge in [0, 0.05) is 23.7 Å². The van der Waals surface area contributed by atoms with E-state index in [2.05, 4.69) is 10.3 Å². The molecule has 0 saturated carbocycles. The summed E-state index contributed by atoms with van der Waals surface area (Å²) in [6.07, 6.45) is 0. The molecule has 0 spiro atoms. The minimum absolute atomic E-state index is 0.0337. The van der Waals surface area contributed by atoms with Crippen LogP contribution in [0, 0.1) is 20.8 Å². The van der Waals surface area contributed by atoms with Crippen molar-refractivity contribution >= 4 is 28.8 Å². The lowest BCUT2D eigenvalue weighted by Crippen LogP contribution is -2.35. The number of para-hydroxylation sites is 1. The molecule has 0 saturated heterocycles. The van der Waals surface area contributed by atoms with E-state index in [9.17, 15) is 9.59 Å². The Bertz CT molecular complexity index is 1020. The van der Waals surface area contributed by atoms with Gasteiger partial charge in [0.2, 0.25) is 5.91 Å². The Labute approximate surface area is 180 Å². The van der Waals surface area contributed by atoms with Gasteiger partial charge >= 0.3 is 0 Å². The zero-order chi connectivity index (χ0) is 21.7. The molecule has 0 aliphatic carbocycles. The summed E-state index contributed by atoms with van der Waals surface area (Å²) in [5.74, 6) is 0.197. The quantitative estimate of drug-likeness (QED) is 0.613. The van der Waals surface area contributed by atoms with Gasteiger partial charge in [-0.3, -0.25) is 9.59 Å². The van der Waals surface area contributed by atoms with Gasteiger partial charge in [0.05, 0.1) is 17.2 Å². The van der Waals surface area contributed by atoms with E-state index >= 15 is 0 Å². The van der Waals surface area contributed by atoms with E-state index < -0.39 is 0 Å². The lowest BCUT2D eigenvalue weighted by molar-refractivity contribution is -0.116. The molecule has 1 heterocycles. The van der Waals surface area contributed by atoms with Crippen LogP contribution in [0.15, 0.2) is 47.8 Å². The van der Waals surface area contributed by atoms with E-state index in [1.165, 1.54) is 4.90 Å². The number of hydrogen-bond donors (Lipinski definition) is 1. The van der Waals surface area contributed by atoms with Crippen LogP contribution in [-0.4, -0.2) is 35.3 Å². The molecule has 1 aromatic heterocycles. The van der Waals surface area contributed by atoms with Crippen LogP contribution in [0.4, 0.5) is 5.69 Å². The van der Waals surface area contributed by atoms with Crippen LogP contribution in [0.3, 0.4) is 0 Å². The molecule has 7 heteroatoms. The Balaban J connectivity index is 1.55. The highest BCUT2D eigenvalue weighted by atomic mass is 32.1. The third-order valence-corrected chi connectivity index (χ3v) is 5.45. The van der Waals surface area contributed by atoms with Crippen molar-refractivity contribution in [2.45, 2.75) is 27.4 Å². The van der Waals surface area contributed by atoms with Gasteiger partial charge in [-0.1, -0.05) is 18.2 Å². The number of carbonyl (C=O) groups is 2. The zero-order valence-corrected chi connectivity index (χ0v) is 18.4. The van der Waals surface area contributed by atoms with Crippen LogP contribution in [0.2, 0.25) is 0 Å². The molecule has 2 amide bonds. The largest absolute Gasteiger partial charge is 0.487 e. The number of aryl methyl sites for hydroxylation is 3. The van der Waals surface area contributed by atoms with Gasteiger partial charge in [0.25, 0.3) is 5.91 Å². The Hall–Kier alpha value is -3.19. The first-order valence-electron chi connectivity index (χ1n) is 9.59. The van der Waals surface area contributed by atoms with E-state index in [0.717, 1.165) is 27.5 Å². The average Bonchev–Trinajstić information content (AvgIpc) is 3.14. The Morgan fingerprint density at radius 2 is 1.73 bits per heavy atom. The van der Waals surface area contributed by atoms with Gasteiger partial charge < -0.3 is 15.0 Å². The summed E-state index contributed by atoms with van der Waals surface area (Å²) in [6.45, 7) is 6.19. The van der Waals surface area contributed by atoms with Crippen LogP contribution in [0.25, 0.3) is 0 Å². The molecule has 0 bridgehead atoms. The third-order valence-electron chi connectivity index (χ3n) is 4.63. The predicted octanol–water partition coefficient (Wildman–Crippen LogP) is 4.36. The first-order chi connectivity index (χ1) is 14.3. The maximum Gasteiger partial charge on any atom is 0.254 e. The topological polar surface area (TPSA) is 71.5 Å². The Morgan fingerprint density at radius 1 is 1.07 bits per heavy atom. The van der Waals surface area contributed by atoms with Crippen molar-refractivity contribution in [3.63, 3.8) is 0 Å². The first-order valence-corrected chi connectivity index (χ1v) is 10.5. The molecular weight excluding hydrogens is 398 g/mol. The lowest BCUT2D eigenvalue weighted by atomic mass is 10.1. The number of likely N-dealkylation sites (N-methyl/N-ethyl adjacent to an activating group) is 1. The molecule has 0 aliphatic rings. The number of anilines is 1. The highest BCUT2D eigenvalue weighted by Crippen LogP contribution is 2.20. The van der Waals surface area contributed by atoms with Crippen molar-refractivity contribution in [3.8, 4) is 5.75 Å². The average molecular weight is 424 g/mol. The number of nitrogens with one attached hydrogen (secondary N) is 1. The molecule has 0 atom stereocenters. The number of rotatable bonds is 7. The second-order valence-electron chi connectivity index (χ2n) is 7.15. The van der Waals surface area contributed by atoms with Crippen LogP contribution >= 0.6 is 11.3 Å². The smallest absolute Gasteiger partial charge is 0.254 e. The normalized spacial score (nSPS) is 10.5. The molecular formula is C23H25N3O3S. The third kappa shape index (κ3) is 5.45. The molecule has 0 aliphatic heterocycles. The number of hydrogen-bond acceptors (Lipinski definition) is 5. The minimum atomic E-state index is -0.234. The summed E-state index contributed by atoms with van der Waals surface area (Å²) in [7, 11) is 1.61. The minimum Gasteiger partial charge on any atom is -0.487 e. The molecule has 3 aromatic rings. The molecule has 1 N–H and O–H groups in total. The fourth-order valence-corrected chi connectivity index (χ4v) is 3.62. The molecule has 30 heavy (non-hydrogen) atoms. The molecule has 3 rings (SSSR count). The molecule has 6 nitrogen and oxygen atoms in total. The number of thiazole rings is 1. The first kappa shape index (κ1) is 21.5. The SMILES string of the molecule is Cc1nc(COc2ccc(C(=O)N(C)CC(=O)Nc3c(C)cccc3C)cc2)cs1. The highest BCUT2D eigenvalue weighted by molar-refractivity contribution is 7.09. The maximum absolute atomic E-state index is 12.7. The van der Waals surface area contributed by atoms with Crippen LogP contribution in [0.1, 0.15) is 32.2 Å². The van der Waals surface area contributed by atoms with Gasteiger partial charge in [-0.05, 0) is 56.2 Å². The van der Waals surface area contributed by atoms with E-state index in [1.807, 2.05) is 44.4 Å². The van der Waals surface area contributed by atoms with Crippen molar-refractivity contribution < 1.29 is 14.3 Å². The molecule has 0 radical (unpaired) electrons. The van der Waals surface area contributed by atoms with Gasteiger partial charge in [0.15, 0.2) is 0 Å². The predicted molar refractivity (Wildman–Crippen MR) is 119 cm³/mol. The van der Waals surface area contributed by atoms with Crippen molar-refractivity contribution in [2.75, 3.05) is 18.9 Å². The monoisotopic (exact) mass is 423 g/mol. The summed E-state index contributed by atoms with van der Waals surface area (Å²) >= 11 is 1.58. The fourth-order valence-electron chi connectivity index (χ4n) is 3.02. The molecule has 156 valence electrons. The van der Waals surface area contributed by atoms with Crippen molar-refractivity contribution in [3.05, 3.63) is 75.2 Å². The fraction of sp³-hybridized carbons (Fsp3) is 0.261. The van der Waals surface area contributed by atoms with Gasteiger partial charge in [-0.2, -0.15) is 0 Å².